The van der Waals surface area contributed by atoms with Crippen molar-refractivity contribution in [2.45, 2.75) is 71.9 Å². The number of fused-ring (bicyclic) bond motifs is 1. The molecular formula is C30H40O5. The van der Waals surface area contributed by atoms with Gasteiger partial charge in [-0.15, -0.1) is 0 Å². The highest BCUT2D eigenvalue weighted by Gasteiger charge is 2.56. The Balaban J connectivity index is 1.51. The van der Waals surface area contributed by atoms with Gasteiger partial charge in [0.05, 0.1) is 45.6 Å². The first-order valence-electron chi connectivity index (χ1n) is 12.9. The largest absolute Gasteiger partial charge is 0.497 e. The van der Waals surface area contributed by atoms with Crippen LogP contribution in [0.5, 0.6) is 11.5 Å². The van der Waals surface area contributed by atoms with Crippen LogP contribution >= 0.6 is 0 Å². The molecule has 0 aromatic heterocycles. The van der Waals surface area contributed by atoms with Gasteiger partial charge in [-0.2, -0.15) is 0 Å². The first kappa shape index (κ1) is 25.7. The van der Waals surface area contributed by atoms with Crippen LogP contribution in [0.2, 0.25) is 0 Å². The van der Waals surface area contributed by atoms with Crippen LogP contribution in [-0.4, -0.2) is 32.2 Å². The van der Waals surface area contributed by atoms with Crippen molar-refractivity contribution in [1.29, 1.82) is 0 Å². The molecule has 190 valence electrons. The molecule has 5 heteroatoms. The lowest BCUT2D eigenvalue weighted by Gasteiger charge is -2.55. The van der Waals surface area contributed by atoms with Crippen molar-refractivity contribution in [3.8, 4) is 11.5 Å². The van der Waals surface area contributed by atoms with Crippen LogP contribution in [0.25, 0.3) is 0 Å². The average Bonchev–Trinajstić information content (AvgIpc) is 2.87. The molecule has 2 saturated carbocycles. The van der Waals surface area contributed by atoms with Gasteiger partial charge in [-0.05, 0) is 66.5 Å². The molecule has 0 bridgehead atoms. The maximum Gasteiger partial charge on any atom is 0.139 e. The van der Waals surface area contributed by atoms with E-state index in [1.165, 1.54) is 0 Å². The number of benzene rings is 2. The number of carbonyl (C=O) groups is 1. The molecule has 2 fully saturated rings. The number of ether oxygens (including phenoxy) is 4. The minimum absolute atomic E-state index is 0.0347. The van der Waals surface area contributed by atoms with Crippen LogP contribution in [-0.2, 0) is 27.5 Å². The quantitative estimate of drug-likeness (QED) is 0.426. The van der Waals surface area contributed by atoms with Crippen LogP contribution in [0, 0.1) is 23.2 Å². The summed E-state index contributed by atoms with van der Waals surface area (Å²) in [5.74, 6) is 2.68. The van der Waals surface area contributed by atoms with E-state index in [1.807, 2.05) is 48.5 Å². The summed E-state index contributed by atoms with van der Waals surface area (Å²) in [6.07, 6.45) is 3.30. The number of hydrogen-bond donors (Lipinski definition) is 0. The predicted octanol–water partition coefficient (Wildman–Crippen LogP) is 6.23. The molecule has 5 atom stereocenters. The van der Waals surface area contributed by atoms with E-state index in [4.69, 9.17) is 18.9 Å². The van der Waals surface area contributed by atoms with Crippen molar-refractivity contribution in [3.63, 3.8) is 0 Å². The first-order valence-corrected chi connectivity index (χ1v) is 12.9. The van der Waals surface area contributed by atoms with Crippen molar-refractivity contribution >= 4 is 5.78 Å². The third-order valence-electron chi connectivity index (χ3n) is 8.28. The lowest BCUT2D eigenvalue weighted by molar-refractivity contribution is -0.187. The summed E-state index contributed by atoms with van der Waals surface area (Å²) >= 11 is 0. The molecule has 0 heterocycles. The summed E-state index contributed by atoms with van der Waals surface area (Å²) < 4.78 is 23.7. The monoisotopic (exact) mass is 480 g/mol. The van der Waals surface area contributed by atoms with Crippen LogP contribution in [0.15, 0.2) is 48.5 Å². The van der Waals surface area contributed by atoms with E-state index in [2.05, 4.69) is 20.8 Å². The number of methoxy groups -OCH3 is 2. The van der Waals surface area contributed by atoms with E-state index in [0.29, 0.717) is 37.3 Å². The second kappa shape index (κ2) is 11.1. The highest BCUT2D eigenvalue weighted by atomic mass is 16.5. The first-order chi connectivity index (χ1) is 16.9. The maximum absolute atomic E-state index is 13.4. The van der Waals surface area contributed by atoms with Gasteiger partial charge in [0.1, 0.15) is 17.3 Å². The lowest BCUT2D eigenvalue weighted by Crippen LogP contribution is -2.58. The fourth-order valence-electron chi connectivity index (χ4n) is 6.13. The van der Waals surface area contributed by atoms with Crippen LogP contribution in [0.4, 0.5) is 0 Å². The summed E-state index contributed by atoms with van der Waals surface area (Å²) in [5.41, 5.74) is 1.99. The van der Waals surface area contributed by atoms with E-state index in [9.17, 15) is 4.79 Å². The highest BCUT2D eigenvalue weighted by Crippen LogP contribution is 2.54. The van der Waals surface area contributed by atoms with Crippen LogP contribution in [0.3, 0.4) is 0 Å². The number of ketones is 1. The zero-order chi connectivity index (χ0) is 25.0. The summed E-state index contributed by atoms with van der Waals surface area (Å²) in [6.45, 7) is 7.79. The average molecular weight is 481 g/mol. The van der Waals surface area contributed by atoms with Crippen molar-refractivity contribution in [1.82, 2.24) is 0 Å². The van der Waals surface area contributed by atoms with E-state index >= 15 is 0 Å². The van der Waals surface area contributed by atoms with Crippen molar-refractivity contribution in [2.75, 3.05) is 14.2 Å². The molecule has 0 unspecified atom stereocenters. The second-order valence-electron chi connectivity index (χ2n) is 10.7. The highest BCUT2D eigenvalue weighted by molar-refractivity contribution is 5.83. The fraction of sp³-hybridized carbons (Fsp3) is 0.567. The van der Waals surface area contributed by atoms with E-state index < -0.39 is 0 Å². The molecule has 0 N–H and O–H groups in total. The van der Waals surface area contributed by atoms with Gasteiger partial charge < -0.3 is 18.9 Å². The standard InChI is InChI=1S/C30H40O5/c1-20(2)25-16-17-30(3)27(34-18-21-6-10-23(32-4)11-7-21)15-14-26(31)28(30)29(25)35-19-22-8-12-24(33-5)13-9-22/h6-13,20,25,27-29H,14-19H2,1-5H3/t25-,27-,28+,29-,30+/m1/s1. The molecule has 2 aromatic carbocycles. The summed E-state index contributed by atoms with van der Waals surface area (Å²) in [5, 5.41) is 0. The minimum atomic E-state index is -0.224. The lowest BCUT2D eigenvalue weighted by atomic mass is 9.54. The van der Waals surface area contributed by atoms with Gasteiger partial charge in [-0.1, -0.05) is 45.0 Å². The molecule has 2 aromatic rings. The Hall–Kier alpha value is -2.37. The van der Waals surface area contributed by atoms with Gasteiger partial charge in [0.2, 0.25) is 0 Å². The summed E-state index contributed by atoms with van der Waals surface area (Å²) in [6, 6.07) is 16.0. The predicted molar refractivity (Wildman–Crippen MR) is 137 cm³/mol. The number of carbonyl (C=O) groups excluding carboxylic acids is 1. The fourth-order valence-corrected chi connectivity index (χ4v) is 6.13. The van der Waals surface area contributed by atoms with E-state index in [0.717, 1.165) is 41.9 Å². The van der Waals surface area contributed by atoms with Gasteiger partial charge in [0.15, 0.2) is 0 Å². The molecule has 5 nitrogen and oxygen atoms in total. The van der Waals surface area contributed by atoms with Crippen molar-refractivity contribution in [3.05, 3.63) is 59.7 Å². The molecule has 0 amide bonds. The smallest absolute Gasteiger partial charge is 0.139 e. The van der Waals surface area contributed by atoms with Gasteiger partial charge in [0.25, 0.3) is 0 Å². The third-order valence-corrected chi connectivity index (χ3v) is 8.28. The van der Waals surface area contributed by atoms with E-state index in [-0.39, 0.29) is 23.5 Å². The number of hydrogen-bond acceptors (Lipinski definition) is 5. The molecule has 2 aliphatic carbocycles. The molecule has 0 spiro atoms. The maximum atomic E-state index is 13.4. The Morgan fingerprint density at radius 2 is 1.40 bits per heavy atom. The molecule has 0 saturated heterocycles. The molecular weight excluding hydrogens is 440 g/mol. The number of Topliss-reactive ketones (excluding diaryl/α,β-unsaturated/α-hetero) is 1. The molecule has 0 radical (unpaired) electrons. The Bertz CT molecular complexity index is 967. The normalized spacial score (nSPS) is 28.6. The molecule has 0 aliphatic heterocycles. The Labute approximate surface area is 210 Å². The number of rotatable bonds is 9. The minimum Gasteiger partial charge on any atom is -0.497 e. The Morgan fingerprint density at radius 3 is 1.91 bits per heavy atom. The van der Waals surface area contributed by atoms with Crippen molar-refractivity contribution < 1.29 is 23.7 Å². The molecule has 4 rings (SSSR count). The SMILES string of the molecule is COc1ccc(CO[C@@H]2[C@@H](C(C)C)CC[C@@]3(C)[C@H](OCc4ccc(OC)cc4)CCC(=O)[C@@H]23)cc1. The van der Waals surface area contributed by atoms with Gasteiger partial charge >= 0.3 is 0 Å². The second-order valence-corrected chi connectivity index (χ2v) is 10.7. The van der Waals surface area contributed by atoms with Crippen LogP contribution in [0.1, 0.15) is 57.6 Å². The van der Waals surface area contributed by atoms with Crippen molar-refractivity contribution in [2.24, 2.45) is 23.2 Å². The zero-order valence-corrected chi connectivity index (χ0v) is 21.8. The van der Waals surface area contributed by atoms with Gasteiger partial charge in [-0.25, -0.2) is 0 Å². The van der Waals surface area contributed by atoms with Crippen LogP contribution < -0.4 is 9.47 Å². The van der Waals surface area contributed by atoms with Gasteiger partial charge in [-0.3, -0.25) is 4.79 Å². The summed E-state index contributed by atoms with van der Waals surface area (Å²) in [4.78, 5) is 13.4. The topological polar surface area (TPSA) is 54.0 Å². The molecule has 2 aliphatic rings. The van der Waals surface area contributed by atoms with Gasteiger partial charge in [0, 0.05) is 11.8 Å². The Kier molecular flexibility index (Phi) is 8.18. The zero-order valence-electron chi connectivity index (χ0n) is 21.8. The van der Waals surface area contributed by atoms with E-state index in [1.54, 1.807) is 14.2 Å². The summed E-state index contributed by atoms with van der Waals surface area (Å²) in [7, 11) is 3.34. The Morgan fingerprint density at radius 1 is 0.857 bits per heavy atom. The third kappa shape index (κ3) is 5.57. The molecule has 35 heavy (non-hydrogen) atoms.